The largest absolute Gasteiger partial charge is 0.389 e. The van der Waals surface area contributed by atoms with Crippen molar-refractivity contribution >= 4 is 0 Å². The Hall–Kier alpha value is -0.0800. The van der Waals surface area contributed by atoms with Crippen LogP contribution in [0.5, 0.6) is 0 Å². The summed E-state index contributed by atoms with van der Waals surface area (Å²) in [5, 5.41) is 13.1. The van der Waals surface area contributed by atoms with Crippen LogP contribution < -0.4 is 5.32 Å². The van der Waals surface area contributed by atoms with E-state index in [1.165, 1.54) is 0 Å². The summed E-state index contributed by atoms with van der Waals surface area (Å²) in [4.78, 5) is 0. The number of rotatable bonds is 4. The molecule has 2 nitrogen and oxygen atoms in total. The summed E-state index contributed by atoms with van der Waals surface area (Å²) >= 11 is 0. The molecule has 0 aromatic heterocycles. The van der Waals surface area contributed by atoms with Gasteiger partial charge < -0.3 is 10.4 Å². The lowest BCUT2D eigenvalue weighted by Gasteiger charge is -2.32. The first-order valence-electron chi connectivity index (χ1n) is 5.51. The molecular formula is C12H27NO. The predicted molar refractivity (Wildman–Crippen MR) is 62.4 cm³/mol. The van der Waals surface area contributed by atoms with Gasteiger partial charge in [-0.2, -0.15) is 0 Å². The summed E-state index contributed by atoms with van der Waals surface area (Å²) < 4.78 is 0. The highest BCUT2D eigenvalue weighted by molar-refractivity contribution is 4.81. The second kappa shape index (κ2) is 4.63. The molecule has 86 valence electrons. The van der Waals surface area contributed by atoms with E-state index in [1.54, 1.807) is 0 Å². The summed E-state index contributed by atoms with van der Waals surface area (Å²) in [6, 6.07) is 0.132. The molecule has 0 fully saturated rings. The van der Waals surface area contributed by atoms with Gasteiger partial charge in [0.05, 0.1) is 5.60 Å². The highest BCUT2D eigenvalue weighted by atomic mass is 16.3. The molecule has 0 rings (SSSR count). The average molecular weight is 201 g/mol. The monoisotopic (exact) mass is 201 g/mol. The predicted octanol–water partition coefficient (Wildman–Crippen LogP) is 2.42. The smallest absolute Gasteiger partial charge is 0.0741 e. The molecule has 2 heteroatoms. The fourth-order valence-electron chi connectivity index (χ4n) is 0.910. The number of hydrogen-bond acceptors (Lipinski definition) is 2. The van der Waals surface area contributed by atoms with E-state index < -0.39 is 5.60 Å². The molecule has 0 aliphatic rings. The lowest BCUT2D eigenvalue weighted by Crippen LogP contribution is -2.47. The van der Waals surface area contributed by atoms with Crippen LogP contribution in [0.3, 0.4) is 0 Å². The second-order valence-corrected chi connectivity index (χ2v) is 6.05. The van der Waals surface area contributed by atoms with E-state index in [-0.39, 0.29) is 6.04 Å². The van der Waals surface area contributed by atoms with Crippen molar-refractivity contribution in [3.63, 3.8) is 0 Å². The maximum Gasteiger partial charge on any atom is 0.0741 e. The summed E-state index contributed by atoms with van der Waals surface area (Å²) in [7, 11) is 0. The molecule has 14 heavy (non-hydrogen) atoms. The van der Waals surface area contributed by atoms with Crippen LogP contribution in [0.4, 0.5) is 0 Å². The van der Waals surface area contributed by atoms with Crippen LogP contribution in [0.25, 0.3) is 0 Å². The molecule has 0 radical (unpaired) electrons. The van der Waals surface area contributed by atoms with E-state index >= 15 is 0 Å². The third kappa shape index (κ3) is 4.97. The zero-order chi connectivity index (χ0) is 11.6. The summed E-state index contributed by atoms with van der Waals surface area (Å²) in [5.74, 6) is 0.604. The van der Waals surface area contributed by atoms with Crippen molar-refractivity contribution in [3.8, 4) is 0 Å². The van der Waals surface area contributed by atoms with Gasteiger partial charge in [-0.15, -0.1) is 0 Å². The molecule has 0 aliphatic carbocycles. The molecule has 0 spiro atoms. The van der Waals surface area contributed by atoms with E-state index in [4.69, 9.17) is 0 Å². The first kappa shape index (κ1) is 13.9. The molecule has 0 aromatic carbocycles. The molecule has 2 unspecified atom stereocenters. The van der Waals surface area contributed by atoms with Crippen molar-refractivity contribution in [2.45, 2.75) is 60.1 Å². The normalized spacial score (nSPS) is 18.0. The first-order chi connectivity index (χ1) is 6.05. The standard InChI is InChI=1S/C12H27NO/c1-9(11(3,4)5)8-13-10(2)12(6,7)14/h9-10,13-14H,8H2,1-7H3. The van der Waals surface area contributed by atoms with Crippen molar-refractivity contribution in [1.82, 2.24) is 5.32 Å². The van der Waals surface area contributed by atoms with E-state index in [0.29, 0.717) is 11.3 Å². The molecule has 0 bridgehead atoms. The van der Waals surface area contributed by atoms with Gasteiger partial charge in [0.2, 0.25) is 0 Å². The van der Waals surface area contributed by atoms with Gasteiger partial charge in [0.25, 0.3) is 0 Å². The molecule has 2 atom stereocenters. The maximum atomic E-state index is 9.74. The van der Waals surface area contributed by atoms with Crippen molar-refractivity contribution in [3.05, 3.63) is 0 Å². The molecule has 2 N–H and O–H groups in total. The van der Waals surface area contributed by atoms with Crippen molar-refractivity contribution in [2.75, 3.05) is 6.54 Å². The van der Waals surface area contributed by atoms with Gasteiger partial charge in [0.1, 0.15) is 0 Å². The van der Waals surface area contributed by atoms with Crippen LogP contribution in [-0.2, 0) is 0 Å². The summed E-state index contributed by atoms with van der Waals surface area (Å²) in [5.41, 5.74) is -0.316. The fourth-order valence-corrected chi connectivity index (χ4v) is 0.910. The molecule has 0 heterocycles. The Bertz CT molecular complexity index is 144. The fraction of sp³-hybridized carbons (Fsp3) is 1.00. The van der Waals surface area contributed by atoms with E-state index in [2.05, 4.69) is 33.0 Å². The summed E-state index contributed by atoms with van der Waals surface area (Å²) in [6.45, 7) is 15.6. The first-order valence-corrected chi connectivity index (χ1v) is 5.51. The molecular weight excluding hydrogens is 174 g/mol. The number of hydrogen-bond donors (Lipinski definition) is 2. The quantitative estimate of drug-likeness (QED) is 0.732. The Morgan fingerprint density at radius 2 is 1.50 bits per heavy atom. The Morgan fingerprint density at radius 1 is 1.07 bits per heavy atom. The minimum atomic E-state index is -0.641. The third-order valence-electron chi connectivity index (χ3n) is 3.27. The van der Waals surface area contributed by atoms with Gasteiger partial charge in [-0.25, -0.2) is 0 Å². The lowest BCUT2D eigenvalue weighted by atomic mass is 9.82. The maximum absolute atomic E-state index is 9.74. The molecule has 0 amide bonds. The lowest BCUT2D eigenvalue weighted by molar-refractivity contribution is 0.0408. The number of aliphatic hydroxyl groups is 1. The molecule has 0 saturated heterocycles. The minimum Gasteiger partial charge on any atom is -0.389 e. The molecule has 0 aliphatic heterocycles. The highest BCUT2D eigenvalue weighted by Crippen LogP contribution is 2.24. The van der Waals surface area contributed by atoms with Crippen LogP contribution >= 0.6 is 0 Å². The SMILES string of the molecule is CC(CNC(C)C(C)(C)O)C(C)(C)C. The zero-order valence-corrected chi connectivity index (χ0v) is 10.8. The Balaban J connectivity index is 3.96. The van der Waals surface area contributed by atoms with Gasteiger partial charge in [-0.05, 0) is 38.6 Å². The van der Waals surface area contributed by atoms with E-state index in [9.17, 15) is 5.11 Å². The summed E-state index contributed by atoms with van der Waals surface area (Å²) in [6.07, 6.45) is 0. The average Bonchev–Trinajstić information content (AvgIpc) is 1.95. The zero-order valence-electron chi connectivity index (χ0n) is 10.8. The van der Waals surface area contributed by atoms with Gasteiger partial charge in [0, 0.05) is 6.04 Å². The molecule has 0 aromatic rings. The van der Waals surface area contributed by atoms with Crippen molar-refractivity contribution in [2.24, 2.45) is 11.3 Å². The van der Waals surface area contributed by atoms with Crippen LogP contribution in [0.2, 0.25) is 0 Å². The van der Waals surface area contributed by atoms with Gasteiger partial charge in [0.15, 0.2) is 0 Å². The highest BCUT2D eigenvalue weighted by Gasteiger charge is 2.25. The van der Waals surface area contributed by atoms with Crippen molar-refractivity contribution < 1.29 is 5.11 Å². The van der Waals surface area contributed by atoms with Gasteiger partial charge in [-0.1, -0.05) is 27.7 Å². The topological polar surface area (TPSA) is 32.3 Å². The minimum absolute atomic E-state index is 0.132. The van der Waals surface area contributed by atoms with E-state index in [1.807, 2.05) is 20.8 Å². The Morgan fingerprint density at radius 3 is 1.79 bits per heavy atom. The third-order valence-corrected chi connectivity index (χ3v) is 3.27. The second-order valence-electron chi connectivity index (χ2n) is 6.05. The van der Waals surface area contributed by atoms with Crippen LogP contribution in [0.1, 0.15) is 48.5 Å². The number of nitrogens with one attached hydrogen (secondary N) is 1. The van der Waals surface area contributed by atoms with E-state index in [0.717, 1.165) is 6.54 Å². The molecule has 0 saturated carbocycles. The van der Waals surface area contributed by atoms with Gasteiger partial charge >= 0.3 is 0 Å². The van der Waals surface area contributed by atoms with Gasteiger partial charge in [-0.3, -0.25) is 0 Å². The van der Waals surface area contributed by atoms with Crippen molar-refractivity contribution in [1.29, 1.82) is 0 Å². The van der Waals surface area contributed by atoms with Crippen LogP contribution in [-0.4, -0.2) is 23.3 Å². The van der Waals surface area contributed by atoms with Crippen LogP contribution in [0.15, 0.2) is 0 Å². The Kier molecular flexibility index (Phi) is 4.60. The Labute approximate surface area is 89.1 Å². The van der Waals surface area contributed by atoms with Crippen LogP contribution in [0, 0.1) is 11.3 Å².